The molecule has 0 saturated carbocycles. The quantitative estimate of drug-likeness (QED) is 0.298. The summed E-state index contributed by atoms with van der Waals surface area (Å²) < 4.78 is 2.21. The topological polar surface area (TPSA) is 64.0 Å². The van der Waals surface area contributed by atoms with Gasteiger partial charge in [-0.2, -0.15) is 0 Å². The predicted octanol–water partition coefficient (Wildman–Crippen LogP) is 5.76. The molecule has 8 heteroatoms. The van der Waals surface area contributed by atoms with Gasteiger partial charge in [0, 0.05) is 10.7 Å². The molecule has 4 rings (SSSR count). The molecule has 31 heavy (non-hydrogen) atoms. The fraction of sp³-hybridized carbons (Fsp3) is 0.174. The number of halogens is 1. The number of carbonyl (C=O) groups excluding carboxylic acids is 1. The number of thioether (sulfide) groups is 1. The van der Waals surface area contributed by atoms with Crippen molar-refractivity contribution in [2.75, 3.05) is 11.1 Å². The lowest BCUT2D eigenvalue weighted by atomic mass is 10.1. The molecule has 0 aliphatic carbocycles. The minimum Gasteiger partial charge on any atom is -0.325 e. The zero-order valence-electron chi connectivity index (χ0n) is 17.2. The highest BCUT2D eigenvalue weighted by atomic mass is 35.5. The Kier molecular flexibility index (Phi) is 6.18. The second-order valence-corrected chi connectivity index (χ2v) is 9.55. The first-order valence-electron chi connectivity index (χ1n) is 9.60. The van der Waals surface area contributed by atoms with Gasteiger partial charge < -0.3 is 5.32 Å². The highest BCUT2D eigenvalue weighted by molar-refractivity contribution is 7.99. The minimum atomic E-state index is -0.192. The zero-order chi connectivity index (χ0) is 22.1. The number of benzene rings is 2. The van der Waals surface area contributed by atoms with Crippen LogP contribution in [0.3, 0.4) is 0 Å². The molecular formula is C23H20ClN3O2S2. The van der Waals surface area contributed by atoms with Crippen LogP contribution in [0.25, 0.3) is 15.9 Å². The Balaban J connectivity index is 1.67. The SMILES string of the molecule is Cc1ccc(-n2c(SCC(=O)Nc3cc(Cl)ccc3C)nc3ccsc3c2=O)c(C)c1. The van der Waals surface area contributed by atoms with Gasteiger partial charge in [-0.25, -0.2) is 4.98 Å². The van der Waals surface area contributed by atoms with Gasteiger partial charge in [0.05, 0.1) is 17.0 Å². The normalized spacial score (nSPS) is 11.1. The molecule has 4 aromatic rings. The number of nitrogens with one attached hydrogen (secondary N) is 1. The number of hydrogen-bond acceptors (Lipinski definition) is 5. The summed E-state index contributed by atoms with van der Waals surface area (Å²) in [7, 11) is 0. The van der Waals surface area contributed by atoms with Crippen LogP contribution in [0.5, 0.6) is 0 Å². The van der Waals surface area contributed by atoms with Gasteiger partial charge in [-0.3, -0.25) is 14.2 Å². The molecule has 0 aliphatic rings. The van der Waals surface area contributed by atoms with E-state index in [1.807, 2.05) is 56.5 Å². The van der Waals surface area contributed by atoms with Gasteiger partial charge >= 0.3 is 0 Å². The largest absolute Gasteiger partial charge is 0.325 e. The van der Waals surface area contributed by atoms with Crippen LogP contribution in [0, 0.1) is 20.8 Å². The smallest absolute Gasteiger partial charge is 0.276 e. The zero-order valence-corrected chi connectivity index (χ0v) is 19.6. The van der Waals surface area contributed by atoms with Gasteiger partial charge in [0.1, 0.15) is 4.70 Å². The third kappa shape index (κ3) is 4.54. The van der Waals surface area contributed by atoms with Crippen LogP contribution in [0.1, 0.15) is 16.7 Å². The lowest BCUT2D eigenvalue weighted by molar-refractivity contribution is -0.113. The van der Waals surface area contributed by atoms with E-state index in [1.165, 1.54) is 23.1 Å². The number of anilines is 1. The first kappa shape index (κ1) is 21.6. The van der Waals surface area contributed by atoms with Gasteiger partial charge in [0.15, 0.2) is 5.16 Å². The number of amides is 1. The summed E-state index contributed by atoms with van der Waals surface area (Å²) in [5.41, 5.74) is 4.97. The van der Waals surface area contributed by atoms with Gasteiger partial charge in [0.25, 0.3) is 5.56 Å². The number of nitrogens with zero attached hydrogens (tertiary/aromatic N) is 2. The number of aryl methyl sites for hydroxylation is 3. The highest BCUT2D eigenvalue weighted by Gasteiger charge is 2.17. The van der Waals surface area contributed by atoms with Crippen molar-refractivity contribution in [3.63, 3.8) is 0 Å². The van der Waals surface area contributed by atoms with E-state index in [1.54, 1.807) is 16.7 Å². The first-order valence-corrected chi connectivity index (χ1v) is 11.8. The Bertz CT molecular complexity index is 1360. The molecule has 1 N–H and O–H groups in total. The third-order valence-corrected chi connectivity index (χ3v) is 6.91. The van der Waals surface area contributed by atoms with Crippen LogP contribution < -0.4 is 10.9 Å². The molecule has 2 aromatic heterocycles. The van der Waals surface area contributed by atoms with Crippen molar-refractivity contribution in [1.82, 2.24) is 9.55 Å². The molecule has 5 nitrogen and oxygen atoms in total. The van der Waals surface area contributed by atoms with E-state index in [-0.39, 0.29) is 17.2 Å². The number of thiophene rings is 1. The summed E-state index contributed by atoms with van der Waals surface area (Å²) >= 11 is 8.66. The maximum absolute atomic E-state index is 13.3. The summed E-state index contributed by atoms with van der Waals surface area (Å²) in [6.07, 6.45) is 0. The number of carbonyl (C=O) groups is 1. The van der Waals surface area contributed by atoms with Crippen molar-refractivity contribution < 1.29 is 4.79 Å². The van der Waals surface area contributed by atoms with E-state index in [9.17, 15) is 9.59 Å². The van der Waals surface area contributed by atoms with Gasteiger partial charge in [0.2, 0.25) is 5.91 Å². The predicted molar refractivity (Wildman–Crippen MR) is 130 cm³/mol. The van der Waals surface area contributed by atoms with E-state index in [0.29, 0.717) is 26.1 Å². The average Bonchev–Trinajstić information content (AvgIpc) is 3.19. The minimum absolute atomic E-state index is 0.110. The van der Waals surface area contributed by atoms with E-state index in [0.717, 1.165) is 22.4 Å². The Morgan fingerprint density at radius 1 is 1.13 bits per heavy atom. The van der Waals surface area contributed by atoms with Crippen molar-refractivity contribution in [2.45, 2.75) is 25.9 Å². The molecule has 2 heterocycles. The second-order valence-electron chi connectivity index (χ2n) is 7.26. The van der Waals surface area contributed by atoms with E-state index < -0.39 is 0 Å². The Labute approximate surface area is 193 Å². The standard InChI is InChI=1S/C23H20ClN3O2S2/c1-13-4-7-19(15(3)10-13)27-22(29)21-17(8-9-30-21)26-23(27)31-12-20(28)25-18-11-16(24)6-5-14(18)2/h4-11H,12H2,1-3H3,(H,25,28). The van der Waals surface area contributed by atoms with Crippen LogP contribution in [0.4, 0.5) is 5.69 Å². The van der Waals surface area contributed by atoms with Gasteiger partial charge in [-0.15, -0.1) is 11.3 Å². The Morgan fingerprint density at radius 2 is 1.94 bits per heavy atom. The highest BCUT2D eigenvalue weighted by Crippen LogP contribution is 2.26. The average molecular weight is 470 g/mol. The molecular weight excluding hydrogens is 450 g/mol. The molecule has 2 aromatic carbocycles. The molecule has 0 unspecified atom stereocenters. The number of aromatic nitrogens is 2. The lowest BCUT2D eigenvalue weighted by Gasteiger charge is -2.15. The fourth-order valence-electron chi connectivity index (χ4n) is 3.30. The summed E-state index contributed by atoms with van der Waals surface area (Å²) in [5, 5.41) is 5.79. The molecule has 0 aliphatic heterocycles. The summed E-state index contributed by atoms with van der Waals surface area (Å²) in [6.45, 7) is 5.89. The van der Waals surface area contributed by atoms with Crippen molar-refractivity contribution in [2.24, 2.45) is 0 Å². The second kappa shape index (κ2) is 8.86. The summed E-state index contributed by atoms with van der Waals surface area (Å²) in [5.74, 6) is -0.0823. The number of fused-ring (bicyclic) bond motifs is 1. The molecule has 0 fully saturated rings. The van der Waals surface area contributed by atoms with Crippen LogP contribution in [-0.2, 0) is 4.79 Å². The fourth-order valence-corrected chi connectivity index (χ4v) is 5.04. The molecule has 0 radical (unpaired) electrons. The Hall–Kier alpha value is -2.61. The molecule has 158 valence electrons. The number of rotatable bonds is 5. The lowest BCUT2D eigenvalue weighted by Crippen LogP contribution is -2.23. The summed E-state index contributed by atoms with van der Waals surface area (Å²) in [4.78, 5) is 30.6. The molecule has 1 amide bonds. The van der Waals surface area contributed by atoms with E-state index in [2.05, 4.69) is 10.3 Å². The van der Waals surface area contributed by atoms with Crippen LogP contribution >= 0.6 is 34.7 Å². The van der Waals surface area contributed by atoms with Crippen molar-refractivity contribution >= 4 is 56.5 Å². The van der Waals surface area contributed by atoms with Gasteiger partial charge in [-0.05, 0) is 61.5 Å². The van der Waals surface area contributed by atoms with Crippen molar-refractivity contribution in [3.8, 4) is 5.69 Å². The van der Waals surface area contributed by atoms with Crippen LogP contribution in [0.2, 0.25) is 5.02 Å². The van der Waals surface area contributed by atoms with E-state index >= 15 is 0 Å². The van der Waals surface area contributed by atoms with Crippen LogP contribution in [0.15, 0.2) is 57.8 Å². The maximum atomic E-state index is 13.3. The first-order chi connectivity index (χ1) is 14.8. The monoisotopic (exact) mass is 469 g/mol. The van der Waals surface area contributed by atoms with Crippen LogP contribution in [-0.4, -0.2) is 21.2 Å². The maximum Gasteiger partial charge on any atom is 0.276 e. The Morgan fingerprint density at radius 3 is 2.71 bits per heavy atom. The molecule has 0 atom stereocenters. The van der Waals surface area contributed by atoms with E-state index in [4.69, 9.17) is 11.6 Å². The molecule has 0 spiro atoms. The summed E-state index contributed by atoms with van der Waals surface area (Å²) in [6, 6.07) is 13.1. The number of hydrogen-bond donors (Lipinski definition) is 1. The third-order valence-electron chi connectivity index (χ3n) is 4.85. The van der Waals surface area contributed by atoms with Gasteiger partial charge in [-0.1, -0.05) is 47.1 Å². The molecule has 0 saturated heterocycles. The van der Waals surface area contributed by atoms with Crippen molar-refractivity contribution in [3.05, 3.63) is 79.9 Å². The molecule has 0 bridgehead atoms. The van der Waals surface area contributed by atoms with Crippen molar-refractivity contribution in [1.29, 1.82) is 0 Å².